The summed E-state index contributed by atoms with van der Waals surface area (Å²) < 4.78 is 0.650. The number of hydrazine groups is 1. The van der Waals surface area contributed by atoms with E-state index in [2.05, 4.69) is 31.8 Å². The van der Waals surface area contributed by atoms with Crippen LogP contribution in [-0.2, 0) is 0 Å². The van der Waals surface area contributed by atoms with Gasteiger partial charge in [0.25, 0.3) is 5.91 Å². The van der Waals surface area contributed by atoms with Crippen LogP contribution in [0.15, 0.2) is 22.8 Å². The van der Waals surface area contributed by atoms with Crippen LogP contribution < -0.4 is 10.9 Å². The van der Waals surface area contributed by atoms with Crippen molar-refractivity contribution in [1.82, 2.24) is 15.8 Å². The SMILES string of the molecule is CCNNC(=O)c1cccc(Br)n1. The van der Waals surface area contributed by atoms with Crippen molar-refractivity contribution in [2.45, 2.75) is 6.92 Å². The van der Waals surface area contributed by atoms with Crippen LogP contribution in [0.5, 0.6) is 0 Å². The standard InChI is InChI=1S/C8H10BrN3O/c1-2-10-12-8(13)6-4-3-5-7(9)11-6/h3-5,10H,2H2,1H3,(H,12,13). The first-order valence-corrected chi connectivity index (χ1v) is 4.69. The van der Waals surface area contributed by atoms with Crippen LogP contribution in [0.4, 0.5) is 0 Å². The molecular weight excluding hydrogens is 234 g/mol. The highest BCUT2D eigenvalue weighted by atomic mass is 79.9. The normalized spacial score (nSPS) is 9.69. The van der Waals surface area contributed by atoms with Crippen molar-refractivity contribution in [1.29, 1.82) is 0 Å². The van der Waals surface area contributed by atoms with Gasteiger partial charge in [-0.15, -0.1) is 0 Å². The largest absolute Gasteiger partial charge is 0.286 e. The Hall–Kier alpha value is -0.940. The van der Waals surface area contributed by atoms with Crippen LogP contribution >= 0.6 is 15.9 Å². The lowest BCUT2D eigenvalue weighted by atomic mass is 10.3. The fourth-order valence-corrected chi connectivity index (χ4v) is 1.11. The van der Waals surface area contributed by atoms with E-state index in [0.29, 0.717) is 16.8 Å². The number of carbonyl (C=O) groups excluding carboxylic acids is 1. The van der Waals surface area contributed by atoms with Gasteiger partial charge in [0.1, 0.15) is 10.3 Å². The van der Waals surface area contributed by atoms with Crippen LogP contribution in [0, 0.1) is 0 Å². The van der Waals surface area contributed by atoms with Crippen molar-refractivity contribution in [3.63, 3.8) is 0 Å². The fraction of sp³-hybridized carbons (Fsp3) is 0.250. The van der Waals surface area contributed by atoms with Crippen LogP contribution in [0.1, 0.15) is 17.4 Å². The summed E-state index contributed by atoms with van der Waals surface area (Å²) >= 11 is 3.19. The third-order valence-corrected chi connectivity index (χ3v) is 1.77. The summed E-state index contributed by atoms with van der Waals surface area (Å²) in [6, 6.07) is 5.18. The molecule has 70 valence electrons. The molecule has 2 N–H and O–H groups in total. The van der Waals surface area contributed by atoms with Gasteiger partial charge in [0.2, 0.25) is 0 Å². The Morgan fingerprint density at radius 1 is 1.62 bits per heavy atom. The minimum Gasteiger partial charge on any atom is -0.286 e. The molecule has 4 nitrogen and oxygen atoms in total. The molecule has 0 saturated carbocycles. The Morgan fingerprint density at radius 2 is 2.38 bits per heavy atom. The molecule has 13 heavy (non-hydrogen) atoms. The Morgan fingerprint density at radius 3 is 3.00 bits per heavy atom. The lowest BCUT2D eigenvalue weighted by Crippen LogP contribution is -2.37. The van der Waals surface area contributed by atoms with E-state index < -0.39 is 0 Å². The van der Waals surface area contributed by atoms with Crippen LogP contribution in [0.25, 0.3) is 0 Å². The molecule has 1 aromatic heterocycles. The number of halogens is 1. The number of nitrogens with one attached hydrogen (secondary N) is 2. The zero-order chi connectivity index (χ0) is 9.68. The van der Waals surface area contributed by atoms with E-state index in [1.807, 2.05) is 6.92 Å². The third kappa shape index (κ3) is 3.12. The van der Waals surface area contributed by atoms with Crippen LogP contribution in [-0.4, -0.2) is 17.4 Å². The molecule has 1 aromatic rings. The highest BCUT2D eigenvalue weighted by Gasteiger charge is 2.05. The number of rotatable bonds is 3. The first kappa shape index (κ1) is 10.1. The van der Waals surface area contributed by atoms with Crippen molar-refractivity contribution in [3.8, 4) is 0 Å². The molecule has 0 fully saturated rings. The van der Waals surface area contributed by atoms with E-state index in [1.165, 1.54) is 0 Å². The minimum absolute atomic E-state index is 0.233. The Kier molecular flexibility index (Phi) is 3.85. The summed E-state index contributed by atoms with van der Waals surface area (Å²) in [6.07, 6.45) is 0. The van der Waals surface area contributed by atoms with Gasteiger partial charge in [-0.05, 0) is 28.1 Å². The summed E-state index contributed by atoms with van der Waals surface area (Å²) in [6.45, 7) is 2.58. The molecule has 1 heterocycles. The molecule has 0 atom stereocenters. The van der Waals surface area contributed by atoms with Gasteiger partial charge in [-0.25, -0.2) is 10.4 Å². The van der Waals surface area contributed by atoms with E-state index in [4.69, 9.17) is 0 Å². The quantitative estimate of drug-likeness (QED) is 0.618. The van der Waals surface area contributed by atoms with Crippen LogP contribution in [0.3, 0.4) is 0 Å². The van der Waals surface area contributed by atoms with Gasteiger partial charge < -0.3 is 0 Å². The van der Waals surface area contributed by atoms with E-state index in [1.54, 1.807) is 18.2 Å². The molecule has 0 aliphatic rings. The summed E-state index contributed by atoms with van der Waals surface area (Å²) in [5.74, 6) is -0.233. The zero-order valence-corrected chi connectivity index (χ0v) is 8.76. The number of amides is 1. The predicted molar refractivity (Wildman–Crippen MR) is 53.1 cm³/mol. The maximum Gasteiger partial charge on any atom is 0.283 e. The maximum absolute atomic E-state index is 11.3. The Bertz CT molecular complexity index is 303. The number of carbonyl (C=O) groups is 1. The lowest BCUT2D eigenvalue weighted by molar-refractivity contribution is 0.0929. The number of hydrogen-bond donors (Lipinski definition) is 2. The molecule has 0 saturated heterocycles. The Labute approximate surface area is 84.8 Å². The average molecular weight is 244 g/mol. The summed E-state index contributed by atoms with van der Waals surface area (Å²) in [4.78, 5) is 15.3. The first-order chi connectivity index (χ1) is 6.24. The molecule has 0 aliphatic heterocycles. The molecule has 0 spiro atoms. The van der Waals surface area contributed by atoms with E-state index in [0.717, 1.165) is 0 Å². The summed E-state index contributed by atoms with van der Waals surface area (Å²) in [5.41, 5.74) is 5.60. The van der Waals surface area contributed by atoms with E-state index >= 15 is 0 Å². The second-order valence-electron chi connectivity index (χ2n) is 2.33. The van der Waals surface area contributed by atoms with Crippen molar-refractivity contribution in [2.75, 3.05) is 6.54 Å². The monoisotopic (exact) mass is 243 g/mol. The number of hydrogen-bond acceptors (Lipinski definition) is 3. The predicted octanol–water partition coefficient (Wildman–Crippen LogP) is 1.10. The van der Waals surface area contributed by atoms with E-state index in [-0.39, 0.29) is 5.91 Å². The second-order valence-corrected chi connectivity index (χ2v) is 3.14. The minimum atomic E-state index is -0.233. The molecule has 0 radical (unpaired) electrons. The van der Waals surface area contributed by atoms with Gasteiger partial charge in [-0.2, -0.15) is 0 Å². The lowest BCUT2D eigenvalue weighted by Gasteiger charge is -2.03. The zero-order valence-electron chi connectivity index (χ0n) is 7.17. The second kappa shape index (κ2) is 4.94. The molecule has 0 aromatic carbocycles. The molecular formula is C8H10BrN3O. The van der Waals surface area contributed by atoms with Gasteiger partial charge in [-0.1, -0.05) is 13.0 Å². The van der Waals surface area contributed by atoms with Gasteiger partial charge in [0.15, 0.2) is 0 Å². The number of pyridine rings is 1. The molecule has 5 heteroatoms. The molecule has 1 rings (SSSR count). The highest BCUT2D eigenvalue weighted by molar-refractivity contribution is 9.10. The number of nitrogens with zero attached hydrogens (tertiary/aromatic N) is 1. The van der Waals surface area contributed by atoms with Gasteiger partial charge in [-0.3, -0.25) is 10.2 Å². The van der Waals surface area contributed by atoms with Crippen LogP contribution in [0.2, 0.25) is 0 Å². The van der Waals surface area contributed by atoms with Crippen molar-refractivity contribution >= 4 is 21.8 Å². The number of aromatic nitrogens is 1. The first-order valence-electron chi connectivity index (χ1n) is 3.89. The Balaban J connectivity index is 2.66. The van der Waals surface area contributed by atoms with Crippen molar-refractivity contribution < 1.29 is 4.79 Å². The summed E-state index contributed by atoms with van der Waals surface area (Å²) in [5, 5.41) is 0. The maximum atomic E-state index is 11.3. The third-order valence-electron chi connectivity index (χ3n) is 1.33. The van der Waals surface area contributed by atoms with Gasteiger partial charge >= 0.3 is 0 Å². The van der Waals surface area contributed by atoms with Crippen molar-refractivity contribution in [3.05, 3.63) is 28.5 Å². The molecule has 0 bridgehead atoms. The summed E-state index contributed by atoms with van der Waals surface area (Å²) in [7, 11) is 0. The topological polar surface area (TPSA) is 54.0 Å². The molecule has 0 unspecified atom stereocenters. The highest BCUT2D eigenvalue weighted by Crippen LogP contribution is 2.05. The fourth-order valence-electron chi connectivity index (χ4n) is 0.767. The van der Waals surface area contributed by atoms with Gasteiger partial charge in [0.05, 0.1) is 0 Å². The smallest absolute Gasteiger partial charge is 0.283 e. The van der Waals surface area contributed by atoms with Crippen molar-refractivity contribution in [2.24, 2.45) is 0 Å². The van der Waals surface area contributed by atoms with Gasteiger partial charge in [0, 0.05) is 6.54 Å². The van der Waals surface area contributed by atoms with E-state index in [9.17, 15) is 4.79 Å². The molecule has 1 amide bonds. The average Bonchev–Trinajstić information content (AvgIpc) is 2.14. The molecule has 0 aliphatic carbocycles.